The van der Waals surface area contributed by atoms with Crippen molar-refractivity contribution in [2.75, 3.05) is 12.0 Å². The van der Waals surface area contributed by atoms with Gasteiger partial charge in [-0.1, -0.05) is 6.07 Å². The van der Waals surface area contributed by atoms with Gasteiger partial charge in [0.25, 0.3) is 5.91 Å². The maximum atomic E-state index is 13.1. The van der Waals surface area contributed by atoms with Crippen LogP contribution >= 0.6 is 11.8 Å². The Kier molecular flexibility index (Phi) is 5.90. The lowest BCUT2D eigenvalue weighted by atomic mass is 10.1. The van der Waals surface area contributed by atoms with Crippen molar-refractivity contribution in [2.45, 2.75) is 25.9 Å². The van der Waals surface area contributed by atoms with Crippen molar-refractivity contribution in [1.29, 1.82) is 0 Å². The topological polar surface area (TPSA) is 114 Å². The number of H-pyrrole nitrogens is 1. The Bertz CT molecular complexity index is 1370. The van der Waals surface area contributed by atoms with Crippen LogP contribution in [0.2, 0.25) is 0 Å². The molecule has 10 heteroatoms. The van der Waals surface area contributed by atoms with Crippen LogP contribution in [-0.2, 0) is 6.54 Å². The van der Waals surface area contributed by atoms with Crippen LogP contribution in [0.1, 0.15) is 35.6 Å². The van der Waals surface area contributed by atoms with Gasteiger partial charge in [-0.2, -0.15) is 11.8 Å². The van der Waals surface area contributed by atoms with E-state index in [1.807, 2.05) is 35.1 Å². The van der Waals surface area contributed by atoms with Crippen molar-refractivity contribution in [3.05, 3.63) is 74.7 Å². The monoisotopic (exact) mass is 438 g/mol. The van der Waals surface area contributed by atoms with Crippen molar-refractivity contribution in [2.24, 2.45) is 0 Å². The third kappa shape index (κ3) is 3.98. The Labute approximate surface area is 181 Å². The van der Waals surface area contributed by atoms with Crippen molar-refractivity contribution < 1.29 is 4.79 Å². The normalized spacial score (nSPS) is 12.3. The zero-order valence-corrected chi connectivity index (χ0v) is 18.0. The van der Waals surface area contributed by atoms with Gasteiger partial charge in [-0.05, 0) is 55.7 Å². The molecule has 0 bridgehead atoms. The maximum absolute atomic E-state index is 13.1. The molecule has 2 N–H and O–H groups in total. The molecule has 1 unspecified atom stereocenters. The number of hydrogen-bond acceptors (Lipinski definition) is 6. The second-order valence-electron chi connectivity index (χ2n) is 7.03. The SMILES string of the molecule is CCn1c(=O)c(=O)[nH]c2cc(C(=O)NC(CCSC)c3nnc4ccccn34)ccc21. The lowest BCUT2D eigenvalue weighted by Gasteiger charge is -2.17. The van der Waals surface area contributed by atoms with Crippen LogP contribution in [0, 0.1) is 0 Å². The standard InChI is InChI=1S/C21H22N6O3S/c1-3-26-16-8-7-13(12-15(16)23-20(29)21(26)30)19(28)22-14(9-11-31-2)18-25-24-17-6-4-5-10-27(17)18/h4-8,10,12,14H,3,9,11H2,1-2H3,(H,22,28)(H,23,29). The first-order valence-electron chi connectivity index (χ1n) is 9.89. The molecule has 3 aromatic heterocycles. The van der Waals surface area contributed by atoms with Crippen molar-refractivity contribution in [3.63, 3.8) is 0 Å². The molecule has 0 aliphatic rings. The Morgan fingerprint density at radius 1 is 1.23 bits per heavy atom. The van der Waals surface area contributed by atoms with Crippen LogP contribution in [0.15, 0.2) is 52.2 Å². The highest BCUT2D eigenvalue weighted by Gasteiger charge is 2.21. The number of nitrogens with one attached hydrogen (secondary N) is 2. The molecule has 0 saturated heterocycles. The van der Waals surface area contributed by atoms with Crippen LogP contribution < -0.4 is 16.4 Å². The van der Waals surface area contributed by atoms with E-state index in [9.17, 15) is 14.4 Å². The van der Waals surface area contributed by atoms with Gasteiger partial charge in [0.1, 0.15) is 0 Å². The predicted octanol–water partition coefficient (Wildman–Crippen LogP) is 1.98. The zero-order valence-electron chi connectivity index (χ0n) is 17.2. The quantitative estimate of drug-likeness (QED) is 0.427. The minimum Gasteiger partial charge on any atom is -0.342 e. The van der Waals surface area contributed by atoms with Crippen LogP contribution in [0.5, 0.6) is 0 Å². The summed E-state index contributed by atoms with van der Waals surface area (Å²) in [5.41, 5.74) is 0.788. The summed E-state index contributed by atoms with van der Waals surface area (Å²) in [6.45, 7) is 2.15. The molecule has 0 fully saturated rings. The average molecular weight is 439 g/mol. The first-order valence-corrected chi connectivity index (χ1v) is 11.3. The third-order valence-corrected chi connectivity index (χ3v) is 5.77. The van der Waals surface area contributed by atoms with E-state index in [0.29, 0.717) is 41.0 Å². The van der Waals surface area contributed by atoms with Gasteiger partial charge >= 0.3 is 11.1 Å². The molecule has 0 aliphatic heterocycles. The van der Waals surface area contributed by atoms with E-state index in [2.05, 4.69) is 20.5 Å². The van der Waals surface area contributed by atoms with E-state index in [1.165, 1.54) is 4.57 Å². The van der Waals surface area contributed by atoms with Crippen molar-refractivity contribution >= 4 is 34.3 Å². The summed E-state index contributed by atoms with van der Waals surface area (Å²) in [5.74, 6) is 1.20. The smallest absolute Gasteiger partial charge is 0.316 e. The van der Waals surface area contributed by atoms with E-state index in [4.69, 9.17) is 0 Å². The number of aromatic nitrogens is 5. The van der Waals surface area contributed by atoms with Gasteiger partial charge in [0.2, 0.25) is 0 Å². The second-order valence-corrected chi connectivity index (χ2v) is 8.02. The number of aryl methyl sites for hydroxylation is 1. The van der Waals surface area contributed by atoms with E-state index in [-0.39, 0.29) is 11.9 Å². The van der Waals surface area contributed by atoms with Gasteiger partial charge in [0.15, 0.2) is 11.5 Å². The number of carbonyl (C=O) groups is 1. The predicted molar refractivity (Wildman–Crippen MR) is 121 cm³/mol. The molecule has 9 nitrogen and oxygen atoms in total. The Morgan fingerprint density at radius 3 is 2.84 bits per heavy atom. The van der Waals surface area contributed by atoms with Crippen LogP contribution in [0.3, 0.4) is 0 Å². The average Bonchev–Trinajstić information content (AvgIpc) is 3.21. The summed E-state index contributed by atoms with van der Waals surface area (Å²) < 4.78 is 3.25. The van der Waals surface area contributed by atoms with Crippen LogP contribution in [0.25, 0.3) is 16.7 Å². The first kappa shape index (κ1) is 20.9. The second kappa shape index (κ2) is 8.76. The molecule has 1 amide bonds. The van der Waals surface area contributed by atoms with Gasteiger partial charge in [-0.15, -0.1) is 10.2 Å². The summed E-state index contributed by atoms with van der Waals surface area (Å²) in [6, 6.07) is 10.2. The fraction of sp³-hybridized carbons (Fsp3) is 0.286. The van der Waals surface area contributed by atoms with Crippen molar-refractivity contribution in [1.82, 2.24) is 29.5 Å². The van der Waals surface area contributed by atoms with Gasteiger partial charge in [-0.25, -0.2) is 0 Å². The fourth-order valence-electron chi connectivity index (χ4n) is 3.58. The number of aromatic amines is 1. The summed E-state index contributed by atoms with van der Waals surface area (Å²) in [6.07, 6.45) is 4.56. The highest BCUT2D eigenvalue weighted by molar-refractivity contribution is 7.98. The Balaban J connectivity index is 1.68. The number of pyridine rings is 1. The molecular formula is C21H22N6O3S. The molecule has 1 aromatic carbocycles. The van der Waals surface area contributed by atoms with Gasteiger partial charge in [0.05, 0.1) is 17.1 Å². The lowest BCUT2D eigenvalue weighted by Crippen LogP contribution is -2.36. The summed E-state index contributed by atoms with van der Waals surface area (Å²) in [7, 11) is 0. The summed E-state index contributed by atoms with van der Waals surface area (Å²) in [5, 5.41) is 11.5. The molecule has 4 aromatic rings. The number of amides is 1. The van der Waals surface area contributed by atoms with Gasteiger partial charge < -0.3 is 14.9 Å². The van der Waals surface area contributed by atoms with Crippen molar-refractivity contribution in [3.8, 4) is 0 Å². The minimum atomic E-state index is -0.709. The molecule has 1 atom stereocenters. The van der Waals surface area contributed by atoms with E-state index in [1.54, 1.807) is 36.9 Å². The van der Waals surface area contributed by atoms with Gasteiger partial charge in [-0.3, -0.25) is 18.8 Å². The van der Waals surface area contributed by atoms with Crippen LogP contribution in [0.4, 0.5) is 0 Å². The minimum absolute atomic E-state index is 0.296. The molecule has 0 radical (unpaired) electrons. The highest BCUT2D eigenvalue weighted by atomic mass is 32.2. The third-order valence-electron chi connectivity index (χ3n) is 5.12. The summed E-state index contributed by atoms with van der Waals surface area (Å²) >= 11 is 1.68. The Hall–Kier alpha value is -3.40. The van der Waals surface area contributed by atoms with E-state index in [0.717, 1.165) is 5.75 Å². The molecule has 0 aliphatic carbocycles. The number of rotatable bonds is 7. The number of fused-ring (bicyclic) bond motifs is 2. The largest absolute Gasteiger partial charge is 0.342 e. The van der Waals surface area contributed by atoms with E-state index < -0.39 is 11.1 Å². The molecule has 31 heavy (non-hydrogen) atoms. The van der Waals surface area contributed by atoms with E-state index >= 15 is 0 Å². The van der Waals surface area contributed by atoms with Gasteiger partial charge in [0, 0.05) is 18.3 Å². The number of benzene rings is 1. The molecule has 160 valence electrons. The molecule has 0 spiro atoms. The molecule has 4 rings (SSSR count). The summed E-state index contributed by atoms with van der Waals surface area (Å²) in [4.78, 5) is 39.6. The molecule has 3 heterocycles. The Morgan fingerprint density at radius 2 is 2.06 bits per heavy atom. The zero-order chi connectivity index (χ0) is 22.0. The number of thioether (sulfide) groups is 1. The number of nitrogens with zero attached hydrogens (tertiary/aromatic N) is 4. The number of carbonyl (C=O) groups excluding carboxylic acids is 1. The maximum Gasteiger partial charge on any atom is 0.316 e. The lowest BCUT2D eigenvalue weighted by molar-refractivity contribution is 0.0934. The highest BCUT2D eigenvalue weighted by Crippen LogP contribution is 2.20. The number of hydrogen-bond donors (Lipinski definition) is 2. The molecule has 0 saturated carbocycles. The fourth-order valence-corrected chi connectivity index (χ4v) is 4.05. The van der Waals surface area contributed by atoms with Crippen LogP contribution in [-0.4, -0.2) is 42.1 Å². The molecular weight excluding hydrogens is 416 g/mol. The first-order chi connectivity index (χ1) is 15.0.